The molecule has 3 heterocycles. The monoisotopic (exact) mass is 425 g/mol. The summed E-state index contributed by atoms with van der Waals surface area (Å²) in [6, 6.07) is 9.37. The lowest BCUT2D eigenvalue weighted by molar-refractivity contribution is -0.117. The molecule has 1 saturated heterocycles. The van der Waals surface area contributed by atoms with Crippen molar-refractivity contribution in [2.24, 2.45) is 0 Å². The van der Waals surface area contributed by atoms with Crippen molar-refractivity contribution in [3.8, 4) is 5.75 Å². The number of nitrogens with zero attached hydrogens (tertiary/aromatic N) is 4. The Bertz CT molecular complexity index is 989. The van der Waals surface area contributed by atoms with Crippen LogP contribution in [0, 0.1) is 0 Å². The topological polar surface area (TPSA) is 70.6 Å². The van der Waals surface area contributed by atoms with Gasteiger partial charge in [-0.1, -0.05) is 0 Å². The van der Waals surface area contributed by atoms with Crippen LogP contribution in [0.3, 0.4) is 0 Å². The summed E-state index contributed by atoms with van der Waals surface area (Å²) in [5, 5.41) is 6.08. The van der Waals surface area contributed by atoms with E-state index in [0.29, 0.717) is 6.61 Å². The second kappa shape index (κ2) is 9.40. The molecule has 8 heteroatoms. The largest absolute Gasteiger partial charge is 0.494 e. The number of amides is 1. The number of nitrogens with one attached hydrogen (secondary N) is 1. The normalized spacial score (nSPS) is 16.4. The minimum Gasteiger partial charge on any atom is -0.494 e. The van der Waals surface area contributed by atoms with E-state index < -0.39 is 0 Å². The first-order chi connectivity index (χ1) is 14.6. The highest BCUT2D eigenvalue weighted by Gasteiger charge is 2.32. The Kier molecular flexibility index (Phi) is 6.44. The molecule has 30 heavy (non-hydrogen) atoms. The van der Waals surface area contributed by atoms with Crippen molar-refractivity contribution < 1.29 is 9.53 Å². The molecule has 7 nitrogen and oxygen atoms in total. The summed E-state index contributed by atoms with van der Waals surface area (Å²) < 4.78 is 5.76. The van der Waals surface area contributed by atoms with Crippen LogP contribution in [0.15, 0.2) is 42.0 Å². The molecular formula is C22H27N5O2S. The predicted octanol–water partition coefficient (Wildman–Crippen LogP) is 3.63. The first kappa shape index (κ1) is 20.6. The second-order valence-electron chi connectivity index (χ2n) is 7.71. The molecule has 0 radical (unpaired) electrons. The summed E-state index contributed by atoms with van der Waals surface area (Å²) in [5.41, 5.74) is 0.774. The molecule has 1 aromatic carbocycles. The maximum absolute atomic E-state index is 13.0. The molecule has 1 aliphatic rings. The molecule has 0 aliphatic carbocycles. The predicted molar refractivity (Wildman–Crippen MR) is 122 cm³/mol. The van der Waals surface area contributed by atoms with Crippen LogP contribution in [0.4, 0.5) is 11.5 Å². The van der Waals surface area contributed by atoms with E-state index >= 15 is 0 Å². The number of carbonyl (C=O) groups excluding carboxylic acids is 1. The van der Waals surface area contributed by atoms with Crippen LogP contribution >= 0.6 is 11.3 Å². The molecular weight excluding hydrogens is 398 g/mol. The number of hydrogen-bond donors (Lipinski definition) is 1. The number of fused-ring (bicyclic) bond motifs is 1. The van der Waals surface area contributed by atoms with E-state index in [1.165, 1.54) is 0 Å². The number of anilines is 2. The molecule has 1 amide bonds. The van der Waals surface area contributed by atoms with E-state index in [2.05, 4.69) is 39.2 Å². The second-order valence-corrected chi connectivity index (χ2v) is 8.60. The maximum atomic E-state index is 13.0. The number of hydrogen-bond acceptors (Lipinski definition) is 7. The lowest BCUT2D eigenvalue weighted by Crippen LogP contribution is -2.40. The van der Waals surface area contributed by atoms with E-state index in [1.807, 2.05) is 35.7 Å². The van der Waals surface area contributed by atoms with Gasteiger partial charge in [-0.3, -0.25) is 4.79 Å². The third-order valence-corrected chi connectivity index (χ3v) is 6.03. The average Bonchev–Trinajstić information content (AvgIpc) is 3.41. The van der Waals surface area contributed by atoms with Crippen molar-refractivity contribution in [2.75, 3.05) is 44.0 Å². The van der Waals surface area contributed by atoms with E-state index in [4.69, 9.17) is 4.74 Å². The molecule has 3 aromatic rings. The maximum Gasteiger partial charge on any atom is 0.247 e. The van der Waals surface area contributed by atoms with Crippen LogP contribution < -0.4 is 15.0 Å². The summed E-state index contributed by atoms with van der Waals surface area (Å²) in [6.45, 7) is 2.49. The highest BCUT2D eigenvalue weighted by Crippen LogP contribution is 2.32. The summed E-state index contributed by atoms with van der Waals surface area (Å²) in [6.07, 6.45) is 4.34. The number of thiophene rings is 1. The fourth-order valence-electron chi connectivity index (χ4n) is 3.73. The lowest BCUT2D eigenvalue weighted by Gasteiger charge is -2.25. The molecule has 1 unspecified atom stereocenters. The summed E-state index contributed by atoms with van der Waals surface area (Å²) >= 11 is 1.59. The first-order valence-corrected chi connectivity index (χ1v) is 11.1. The van der Waals surface area contributed by atoms with Crippen molar-refractivity contribution in [1.82, 2.24) is 14.9 Å². The molecule has 4 rings (SSSR count). The van der Waals surface area contributed by atoms with Crippen LogP contribution in [0.25, 0.3) is 10.2 Å². The van der Waals surface area contributed by atoms with E-state index in [0.717, 1.165) is 59.8 Å². The zero-order valence-corrected chi connectivity index (χ0v) is 18.2. The van der Waals surface area contributed by atoms with Crippen molar-refractivity contribution in [1.29, 1.82) is 0 Å². The smallest absolute Gasteiger partial charge is 0.247 e. The Morgan fingerprint density at radius 3 is 2.90 bits per heavy atom. The van der Waals surface area contributed by atoms with Gasteiger partial charge in [0.15, 0.2) is 0 Å². The van der Waals surface area contributed by atoms with E-state index in [9.17, 15) is 4.79 Å². The van der Waals surface area contributed by atoms with Gasteiger partial charge in [0.1, 0.15) is 28.8 Å². The van der Waals surface area contributed by atoms with Crippen molar-refractivity contribution in [3.63, 3.8) is 0 Å². The summed E-state index contributed by atoms with van der Waals surface area (Å²) in [7, 11) is 4.10. The third kappa shape index (κ3) is 4.71. The molecule has 158 valence electrons. The first-order valence-electron chi connectivity index (χ1n) is 10.2. The molecule has 0 spiro atoms. The summed E-state index contributed by atoms with van der Waals surface area (Å²) in [4.78, 5) is 27.0. The number of aromatic nitrogens is 2. The average molecular weight is 426 g/mol. The standard InChI is InChI=1S/C22H27N5O2S/c1-26(2)11-4-13-29-17-8-6-16(7-9-17)25-21(28)19-5-3-12-27(19)20-18-10-14-30-22(18)24-15-23-20/h6-10,14-15,19H,3-5,11-13H2,1-2H3,(H,25,28). The molecule has 1 aliphatic heterocycles. The molecule has 1 N–H and O–H groups in total. The van der Waals surface area contributed by atoms with Gasteiger partial charge in [-0.2, -0.15) is 0 Å². The van der Waals surface area contributed by atoms with Gasteiger partial charge < -0.3 is 19.9 Å². The number of ether oxygens (including phenoxy) is 1. The van der Waals surface area contributed by atoms with Crippen LogP contribution in [-0.2, 0) is 4.79 Å². The van der Waals surface area contributed by atoms with Crippen molar-refractivity contribution in [3.05, 3.63) is 42.0 Å². The lowest BCUT2D eigenvalue weighted by atomic mass is 10.2. The molecule has 1 atom stereocenters. The van der Waals surface area contributed by atoms with Gasteiger partial charge in [-0.15, -0.1) is 11.3 Å². The number of rotatable bonds is 8. The third-order valence-electron chi connectivity index (χ3n) is 5.21. The van der Waals surface area contributed by atoms with Crippen LogP contribution in [0.5, 0.6) is 5.75 Å². The van der Waals surface area contributed by atoms with Gasteiger partial charge in [-0.05, 0) is 69.1 Å². The number of benzene rings is 1. The van der Waals surface area contributed by atoms with Gasteiger partial charge in [0.2, 0.25) is 5.91 Å². The Morgan fingerprint density at radius 1 is 1.27 bits per heavy atom. The molecule has 2 aromatic heterocycles. The SMILES string of the molecule is CN(C)CCCOc1ccc(NC(=O)C2CCCN2c2ncnc3sccc23)cc1. The quantitative estimate of drug-likeness (QED) is 0.556. The Labute approximate surface area is 180 Å². The molecule has 0 saturated carbocycles. The van der Waals surface area contributed by atoms with Gasteiger partial charge in [0, 0.05) is 18.8 Å². The molecule has 1 fully saturated rings. The van der Waals surface area contributed by atoms with Gasteiger partial charge >= 0.3 is 0 Å². The highest BCUT2D eigenvalue weighted by molar-refractivity contribution is 7.16. The van der Waals surface area contributed by atoms with Crippen LogP contribution in [-0.4, -0.2) is 60.6 Å². The highest BCUT2D eigenvalue weighted by atomic mass is 32.1. The Balaban J connectivity index is 1.38. The van der Waals surface area contributed by atoms with Gasteiger partial charge in [0.25, 0.3) is 0 Å². The Morgan fingerprint density at radius 2 is 2.10 bits per heavy atom. The number of carbonyl (C=O) groups is 1. The van der Waals surface area contributed by atoms with Crippen LogP contribution in [0.1, 0.15) is 19.3 Å². The minimum atomic E-state index is -0.232. The molecule has 0 bridgehead atoms. The Hall–Kier alpha value is -2.71. The van der Waals surface area contributed by atoms with Crippen molar-refractivity contribution >= 4 is 39.0 Å². The van der Waals surface area contributed by atoms with Crippen LogP contribution in [0.2, 0.25) is 0 Å². The fourth-order valence-corrected chi connectivity index (χ4v) is 4.46. The van der Waals surface area contributed by atoms with E-state index in [1.54, 1.807) is 17.7 Å². The zero-order valence-electron chi connectivity index (χ0n) is 17.4. The van der Waals surface area contributed by atoms with Gasteiger partial charge in [-0.25, -0.2) is 9.97 Å². The van der Waals surface area contributed by atoms with Crippen molar-refractivity contribution in [2.45, 2.75) is 25.3 Å². The van der Waals surface area contributed by atoms with Gasteiger partial charge in [0.05, 0.1) is 12.0 Å². The zero-order chi connectivity index (χ0) is 20.9. The summed E-state index contributed by atoms with van der Waals surface area (Å²) in [5.74, 6) is 1.66. The minimum absolute atomic E-state index is 0.00542. The van der Waals surface area contributed by atoms with E-state index in [-0.39, 0.29) is 11.9 Å². The fraction of sp³-hybridized carbons (Fsp3) is 0.409.